The van der Waals surface area contributed by atoms with E-state index in [0.29, 0.717) is 5.56 Å². The number of aryl methyl sites for hydroxylation is 1. The van der Waals surface area contributed by atoms with Gasteiger partial charge in [-0.05, 0) is 73.0 Å². The number of halogens is 3. The standard InChI is InChI=1S/C23H19F3N4O2S/c1-14-3-4-17(16-9-11-28-12-10-16)13-20(14)21-15(2)22(23(24,25)26)29-30(21)18-5-7-19(8-6-18)33(27,31)32/h3-13H,1-2H3,(H2,27,31,32). The second kappa shape index (κ2) is 8.13. The van der Waals surface area contributed by atoms with Crippen molar-refractivity contribution in [2.45, 2.75) is 24.9 Å². The van der Waals surface area contributed by atoms with Gasteiger partial charge in [-0.1, -0.05) is 12.1 Å². The fourth-order valence-electron chi connectivity index (χ4n) is 3.65. The van der Waals surface area contributed by atoms with Gasteiger partial charge in [-0.15, -0.1) is 0 Å². The Labute approximate surface area is 188 Å². The van der Waals surface area contributed by atoms with Gasteiger partial charge in [-0.3, -0.25) is 4.98 Å². The summed E-state index contributed by atoms with van der Waals surface area (Å²) in [5.74, 6) is 0. The van der Waals surface area contributed by atoms with Crippen molar-refractivity contribution in [1.29, 1.82) is 0 Å². The minimum atomic E-state index is -4.67. The molecule has 2 N–H and O–H groups in total. The van der Waals surface area contributed by atoms with E-state index in [1.165, 1.54) is 35.9 Å². The lowest BCUT2D eigenvalue weighted by Gasteiger charge is -2.13. The first kappa shape index (κ1) is 22.7. The number of primary sulfonamides is 1. The van der Waals surface area contributed by atoms with Gasteiger partial charge in [0.1, 0.15) is 0 Å². The number of hydrogen-bond acceptors (Lipinski definition) is 4. The van der Waals surface area contributed by atoms with Crippen LogP contribution in [0.25, 0.3) is 28.1 Å². The summed E-state index contributed by atoms with van der Waals surface area (Å²) in [6.45, 7) is 3.18. The summed E-state index contributed by atoms with van der Waals surface area (Å²) in [4.78, 5) is 3.85. The molecule has 0 spiro atoms. The van der Waals surface area contributed by atoms with E-state index in [1.54, 1.807) is 19.3 Å². The average molecular weight is 472 g/mol. The smallest absolute Gasteiger partial charge is 0.265 e. The summed E-state index contributed by atoms with van der Waals surface area (Å²) in [7, 11) is -3.95. The summed E-state index contributed by atoms with van der Waals surface area (Å²) in [6, 6.07) is 14.4. The molecule has 33 heavy (non-hydrogen) atoms. The highest BCUT2D eigenvalue weighted by molar-refractivity contribution is 7.89. The molecule has 0 unspecified atom stereocenters. The third-order valence-corrected chi connectivity index (χ3v) is 6.24. The van der Waals surface area contributed by atoms with Crippen molar-refractivity contribution in [3.8, 4) is 28.1 Å². The number of hydrogen-bond donors (Lipinski definition) is 1. The van der Waals surface area contributed by atoms with Crippen molar-refractivity contribution in [3.63, 3.8) is 0 Å². The third-order valence-electron chi connectivity index (χ3n) is 5.31. The third kappa shape index (κ3) is 4.39. The van der Waals surface area contributed by atoms with Gasteiger partial charge in [-0.25, -0.2) is 18.2 Å². The Morgan fingerprint density at radius 3 is 2.12 bits per heavy atom. The molecule has 0 amide bonds. The number of rotatable bonds is 4. The normalized spacial score (nSPS) is 12.2. The fourth-order valence-corrected chi connectivity index (χ4v) is 4.16. The number of pyridine rings is 1. The van der Waals surface area contributed by atoms with Crippen molar-refractivity contribution in [2.75, 3.05) is 0 Å². The average Bonchev–Trinajstić information content (AvgIpc) is 3.11. The monoisotopic (exact) mass is 472 g/mol. The number of nitrogens with two attached hydrogens (primary N) is 1. The van der Waals surface area contributed by atoms with E-state index in [4.69, 9.17) is 5.14 Å². The number of alkyl halides is 3. The van der Waals surface area contributed by atoms with Crippen LogP contribution in [0.1, 0.15) is 16.8 Å². The minimum absolute atomic E-state index is 0.0343. The quantitative estimate of drug-likeness (QED) is 0.458. The van der Waals surface area contributed by atoms with Crippen LogP contribution in [-0.2, 0) is 16.2 Å². The summed E-state index contributed by atoms with van der Waals surface area (Å²) < 4.78 is 65.6. The highest BCUT2D eigenvalue weighted by Gasteiger charge is 2.38. The SMILES string of the molecule is Cc1ccc(-c2ccncc2)cc1-c1c(C)c(C(F)(F)F)nn1-c1ccc(S(N)(=O)=O)cc1. The highest BCUT2D eigenvalue weighted by atomic mass is 32.2. The summed E-state index contributed by atoms with van der Waals surface area (Å²) in [5.41, 5.74) is 2.48. The molecule has 170 valence electrons. The van der Waals surface area contributed by atoms with Crippen LogP contribution < -0.4 is 5.14 Å². The van der Waals surface area contributed by atoms with E-state index in [0.717, 1.165) is 16.7 Å². The van der Waals surface area contributed by atoms with E-state index in [-0.39, 0.29) is 21.8 Å². The van der Waals surface area contributed by atoms with Gasteiger partial charge in [0.2, 0.25) is 10.0 Å². The van der Waals surface area contributed by atoms with Crippen molar-refractivity contribution in [2.24, 2.45) is 5.14 Å². The number of sulfonamides is 1. The van der Waals surface area contributed by atoms with Crippen LogP contribution in [0.2, 0.25) is 0 Å². The molecule has 6 nitrogen and oxygen atoms in total. The first-order chi connectivity index (χ1) is 15.5. The lowest BCUT2D eigenvalue weighted by molar-refractivity contribution is -0.141. The molecule has 2 aromatic carbocycles. The molecular weight excluding hydrogens is 453 g/mol. The van der Waals surface area contributed by atoms with E-state index in [9.17, 15) is 21.6 Å². The molecule has 0 bridgehead atoms. The molecular formula is C23H19F3N4O2S. The molecule has 0 fully saturated rings. The Morgan fingerprint density at radius 2 is 1.55 bits per heavy atom. The van der Waals surface area contributed by atoms with Crippen molar-refractivity contribution < 1.29 is 21.6 Å². The van der Waals surface area contributed by atoms with Gasteiger partial charge in [0.05, 0.1) is 16.3 Å². The van der Waals surface area contributed by atoms with Crippen LogP contribution in [0, 0.1) is 13.8 Å². The number of aromatic nitrogens is 3. The Kier molecular flexibility index (Phi) is 5.59. The first-order valence-electron chi connectivity index (χ1n) is 9.78. The van der Waals surface area contributed by atoms with Crippen molar-refractivity contribution in [1.82, 2.24) is 14.8 Å². The molecule has 0 atom stereocenters. The van der Waals surface area contributed by atoms with E-state index in [2.05, 4.69) is 10.1 Å². The molecule has 4 aromatic rings. The van der Waals surface area contributed by atoms with Gasteiger partial charge < -0.3 is 0 Å². The van der Waals surface area contributed by atoms with Crippen LogP contribution in [0.15, 0.2) is 71.9 Å². The van der Waals surface area contributed by atoms with Gasteiger partial charge in [0.25, 0.3) is 0 Å². The van der Waals surface area contributed by atoms with Gasteiger partial charge in [0.15, 0.2) is 5.69 Å². The molecule has 0 aliphatic carbocycles. The first-order valence-corrected chi connectivity index (χ1v) is 11.3. The second-order valence-corrected chi connectivity index (χ2v) is 9.10. The molecule has 0 aliphatic heterocycles. The summed E-state index contributed by atoms with van der Waals surface area (Å²) in [6.07, 6.45) is -1.39. The van der Waals surface area contributed by atoms with Crippen LogP contribution in [0.4, 0.5) is 13.2 Å². The Hall–Kier alpha value is -3.50. The summed E-state index contributed by atoms with van der Waals surface area (Å²) >= 11 is 0. The van der Waals surface area contributed by atoms with Crippen LogP contribution in [-0.4, -0.2) is 23.2 Å². The van der Waals surface area contributed by atoms with E-state index >= 15 is 0 Å². The van der Waals surface area contributed by atoms with Gasteiger partial charge in [0, 0.05) is 23.5 Å². The summed E-state index contributed by atoms with van der Waals surface area (Å²) in [5, 5.41) is 9.00. The molecule has 0 saturated carbocycles. The topological polar surface area (TPSA) is 90.9 Å². The maximum absolute atomic E-state index is 13.8. The molecule has 10 heteroatoms. The predicted molar refractivity (Wildman–Crippen MR) is 118 cm³/mol. The molecule has 4 rings (SSSR count). The zero-order valence-electron chi connectivity index (χ0n) is 17.6. The van der Waals surface area contributed by atoms with Crippen molar-refractivity contribution in [3.05, 3.63) is 83.8 Å². The number of benzene rings is 2. The Balaban J connectivity index is 1.96. The van der Waals surface area contributed by atoms with Gasteiger partial charge in [-0.2, -0.15) is 18.3 Å². The van der Waals surface area contributed by atoms with E-state index in [1.807, 2.05) is 30.3 Å². The van der Waals surface area contributed by atoms with Crippen LogP contribution in [0.3, 0.4) is 0 Å². The predicted octanol–water partition coefficient (Wildman–Crippen LogP) is 4.88. The lowest BCUT2D eigenvalue weighted by atomic mass is 9.96. The number of nitrogens with zero attached hydrogens (tertiary/aromatic N) is 3. The van der Waals surface area contributed by atoms with E-state index < -0.39 is 21.9 Å². The minimum Gasteiger partial charge on any atom is -0.265 e. The largest absolute Gasteiger partial charge is 0.435 e. The van der Waals surface area contributed by atoms with Crippen molar-refractivity contribution >= 4 is 10.0 Å². The van der Waals surface area contributed by atoms with Crippen LogP contribution >= 0.6 is 0 Å². The van der Waals surface area contributed by atoms with Crippen LogP contribution in [0.5, 0.6) is 0 Å². The molecule has 0 saturated heterocycles. The molecule has 0 aliphatic rings. The fraction of sp³-hybridized carbons (Fsp3) is 0.130. The Bertz CT molecular complexity index is 1430. The molecule has 0 radical (unpaired) electrons. The lowest BCUT2D eigenvalue weighted by Crippen LogP contribution is -2.12. The maximum Gasteiger partial charge on any atom is 0.435 e. The maximum atomic E-state index is 13.8. The Morgan fingerprint density at radius 1 is 0.909 bits per heavy atom. The molecule has 2 heterocycles. The second-order valence-electron chi connectivity index (χ2n) is 7.54. The molecule has 2 aromatic heterocycles. The zero-order chi connectivity index (χ0) is 24.0. The highest BCUT2D eigenvalue weighted by Crippen LogP contribution is 2.39. The van der Waals surface area contributed by atoms with Gasteiger partial charge >= 0.3 is 6.18 Å². The zero-order valence-corrected chi connectivity index (χ0v) is 18.4.